The van der Waals surface area contributed by atoms with Crippen LogP contribution in [0.3, 0.4) is 0 Å². The van der Waals surface area contributed by atoms with Crippen molar-refractivity contribution in [2.45, 2.75) is 0 Å². The quantitative estimate of drug-likeness (QED) is 0.573. The molecule has 0 fully saturated rings. The monoisotopic (exact) mass is 162 g/mol. The zero-order valence-electron chi connectivity index (χ0n) is 6.49. The number of fused-ring (bicyclic) bond motifs is 1. The van der Waals surface area contributed by atoms with Crippen LogP contribution in [0.5, 0.6) is 5.75 Å². The third-order valence-electron chi connectivity index (χ3n) is 1.81. The molecular weight excluding hydrogens is 154 g/mol. The van der Waals surface area contributed by atoms with Crippen molar-refractivity contribution in [1.29, 1.82) is 0 Å². The second kappa shape index (κ2) is 2.52. The molecule has 0 unspecified atom stereocenters. The Bertz CT molecular complexity index is 322. The minimum atomic E-state index is -0.117. The summed E-state index contributed by atoms with van der Waals surface area (Å²) in [5, 5.41) is 0. The molecule has 1 radical (unpaired) electrons. The first-order valence-electron chi connectivity index (χ1n) is 3.64. The molecule has 3 nitrogen and oxygen atoms in total. The molecule has 0 aromatic heterocycles. The Morgan fingerprint density at radius 1 is 1.42 bits per heavy atom. The first kappa shape index (κ1) is 7.16. The van der Waals surface area contributed by atoms with Crippen LogP contribution in [-0.2, 0) is 4.79 Å². The van der Waals surface area contributed by atoms with E-state index in [1.807, 2.05) is 18.2 Å². The summed E-state index contributed by atoms with van der Waals surface area (Å²) in [5.74, 6) is 0.598. The molecule has 1 amide bonds. The molecule has 0 saturated carbocycles. The number of para-hydroxylation sites is 2. The highest BCUT2D eigenvalue weighted by atomic mass is 16.5. The summed E-state index contributed by atoms with van der Waals surface area (Å²) >= 11 is 0. The minimum Gasteiger partial charge on any atom is -0.482 e. The van der Waals surface area contributed by atoms with Crippen LogP contribution in [-0.4, -0.2) is 12.5 Å². The lowest BCUT2D eigenvalue weighted by molar-refractivity contribution is -0.120. The normalized spacial score (nSPS) is 15.4. The van der Waals surface area contributed by atoms with Crippen LogP contribution in [0.1, 0.15) is 0 Å². The van der Waals surface area contributed by atoms with Crippen molar-refractivity contribution >= 4 is 11.6 Å². The van der Waals surface area contributed by atoms with Crippen molar-refractivity contribution in [2.24, 2.45) is 0 Å². The van der Waals surface area contributed by atoms with E-state index >= 15 is 0 Å². The Labute approximate surface area is 70.6 Å². The molecule has 0 spiro atoms. The number of anilines is 1. The van der Waals surface area contributed by atoms with E-state index in [1.165, 1.54) is 4.90 Å². The van der Waals surface area contributed by atoms with Gasteiger partial charge in [0, 0.05) is 7.05 Å². The highest BCUT2D eigenvalue weighted by Gasteiger charge is 2.20. The van der Waals surface area contributed by atoms with Crippen LogP contribution >= 0.6 is 0 Å². The maximum Gasteiger partial charge on any atom is 0.265 e. The summed E-state index contributed by atoms with van der Waals surface area (Å²) in [6, 6.07) is 7.33. The van der Waals surface area contributed by atoms with Crippen LogP contribution in [0.25, 0.3) is 0 Å². The molecule has 0 atom stereocenters. The van der Waals surface area contributed by atoms with Gasteiger partial charge in [-0.15, -0.1) is 0 Å². The van der Waals surface area contributed by atoms with Gasteiger partial charge in [-0.2, -0.15) is 0 Å². The Balaban J connectivity index is 2.48. The summed E-state index contributed by atoms with van der Waals surface area (Å²) in [6.45, 7) is 0.0838. The smallest absolute Gasteiger partial charge is 0.265 e. The second-order valence-electron chi connectivity index (χ2n) is 2.58. The average molecular weight is 162 g/mol. The molecule has 0 bridgehead atoms. The minimum absolute atomic E-state index is 0.0838. The van der Waals surface area contributed by atoms with Gasteiger partial charge in [0.15, 0.2) is 6.61 Å². The topological polar surface area (TPSA) is 29.5 Å². The molecule has 0 saturated heterocycles. The van der Waals surface area contributed by atoms with Gasteiger partial charge in [0.05, 0.1) is 5.69 Å². The van der Waals surface area contributed by atoms with E-state index in [4.69, 9.17) is 4.74 Å². The zero-order chi connectivity index (χ0) is 8.55. The van der Waals surface area contributed by atoms with Gasteiger partial charge >= 0.3 is 0 Å². The average Bonchev–Trinajstić information content (AvgIpc) is 2.12. The molecule has 1 aromatic rings. The summed E-state index contributed by atoms with van der Waals surface area (Å²) in [5.41, 5.74) is 0.730. The molecule has 3 heteroatoms. The van der Waals surface area contributed by atoms with Crippen LogP contribution in [0, 0.1) is 7.05 Å². The van der Waals surface area contributed by atoms with Crippen molar-refractivity contribution in [2.75, 3.05) is 11.5 Å². The summed E-state index contributed by atoms with van der Waals surface area (Å²) in [4.78, 5) is 12.5. The maximum atomic E-state index is 11.1. The third kappa shape index (κ3) is 0.942. The fraction of sp³-hybridized carbons (Fsp3) is 0.111. The lowest BCUT2D eigenvalue weighted by Gasteiger charge is -2.25. The molecule has 2 rings (SSSR count). The number of benzene rings is 1. The summed E-state index contributed by atoms with van der Waals surface area (Å²) in [7, 11) is 3.62. The SMILES string of the molecule is [CH2]N1C(=O)COc2ccccc21. The molecule has 0 N–H and O–H groups in total. The highest BCUT2D eigenvalue weighted by molar-refractivity contribution is 5.98. The number of ether oxygens (including phenoxy) is 1. The number of carbonyl (C=O) groups excluding carboxylic acids is 1. The van der Waals surface area contributed by atoms with E-state index in [9.17, 15) is 4.79 Å². The van der Waals surface area contributed by atoms with Crippen molar-refractivity contribution in [1.82, 2.24) is 0 Å². The van der Waals surface area contributed by atoms with Gasteiger partial charge in [-0.25, -0.2) is 0 Å². The number of hydrogen-bond acceptors (Lipinski definition) is 2. The Hall–Kier alpha value is -1.51. The first-order valence-corrected chi connectivity index (χ1v) is 3.64. The second-order valence-corrected chi connectivity index (χ2v) is 2.58. The fourth-order valence-electron chi connectivity index (χ4n) is 1.15. The predicted molar refractivity (Wildman–Crippen MR) is 44.8 cm³/mol. The fourth-order valence-corrected chi connectivity index (χ4v) is 1.15. The number of hydrogen-bond donors (Lipinski definition) is 0. The van der Waals surface area contributed by atoms with E-state index in [0.717, 1.165) is 5.69 Å². The van der Waals surface area contributed by atoms with Gasteiger partial charge in [0.25, 0.3) is 5.91 Å². The van der Waals surface area contributed by atoms with Crippen LogP contribution in [0.2, 0.25) is 0 Å². The Kier molecular flexibility index (Phi) is 1.50. The third-order valence-corrected chi connectivity index (χ3v) is 1.81. The number of nitrogens with zero attached hydrogens (tertiary/aromatic N) is 1. The molecule has 1 aliphatic rings. The highest BCUT2D eigenvalue weighted by Crippen LogP contribution is 2.30. The zero-order valence-corrected chi connectivity index (χ0v) is 6.49. The van der Waals surface area contributed by atoms with Gasteiger partial charge in [0.1, 0.15) is 5.75 Å². The molecular formula is C9H8NO2. The van der Waals surface area contributed by atoms with E-state index in [-0.39, 0.29) is 12.5 Å². The molecule has 0 aliphatic carbocycles. The van der Waals surface area contributed by atoms with Crippen LogP contribution in [0.15, 0.2) is 24.3 Å². The standard InChI is InChI=1S/C9H8NO2/c1-10-7-4-2-3-5-8(7)12-6-9(10)11/h2-5H,1,6H2. The van der Waals surface area contributed by atoms with Crippen molar-refractivity contribution in [3.05, 3.63) is 31.3 Å². The largest absolute Gasteiger partial charge is 0.482 e. The number of rotatable bonds is 0. The van der Waals surface area contributed by atoms with Gasteiger partial charge in [0.2, 0.25) is 0 Å². The van der Waals surface area contributed by atoms with Crippen molar-refractivity contribution in [3.8, 4) is 5.75 Å². The molecule has 1 aliphatic heterocycles. The predicted octanol–water partition coefficient (Wildman–Crippen LogP) is 1.20. The molecule has 61 valence electrons. The Morgan fingerprint density at radius 2 is 2.17 bits per heavy atom. The van der Waals surface area contributed by atoms with E-state index in [1.54, 1.807) is 6.07 Å². The molecule has 1 heterocycles. The summed E-state index contributed by atoms with van der Waals surface area (Å²) < 4.78 is 5.17. The maximum absolute atomic E-state index is 11.1. The lowest BCUT2D eigenvalue weighted by atomic mass is 10.2. The molecule has 12 heavy (non-hydrogen) atoms. The van der Waals surface area contributed by atoms with Gasteiger partial charge < -0.3 is 9.64 Å². The number of carbonyl (C=O) groups is 1. The van der Waals surface area contributed by atoms with Gasteiger partial charge in [-0.1, -0.05) is 12.1 Å². The van der Waals surface area contributed by atoms with Crippen molar-refractivity contribution < 1.29 is 9.53 Å². The molecule has 1 aromatic carbocycles. The number of amides is 1. The van der Waals surface area contributed by atoms with Crippen molar-refractivity contribution in [3.63, 3.8) is 0 Å². The van der Waals surface area contributed by atoms with E-state index in [0.29, 0.717) is 5.75 Å². The summed E-state index contributed by atoms with van der Waals surface area (Å²) in [6.07, 6.45) is 0. The van der Waals surface area contributed by atoms with E-state index < -0.39 is 0 Å². The van der Waals surface area contributed by atoms with Gasteiger partial charge in [-0.3, -0.25) is 4.79 Å². The van der Waals surface area contributed by atoms with E-state index in [2.05, 4.69) is 7.05 Å². The van der Waals surface area contributed by atoms with Crippen LogP contribution in [0.4, 0.5) is 5.69 Å². The lowest BCUT2D eigenvalue weighted by Crippen LogP contribution is -2.33. The Morgan fingerprint density at radius 3 is 3.00 bits per heavy atom. The van der Waals surface area contributed by atoms with Gasteiger partial charge in [-0.05, 0) is 12.1 Å². The van der Waals surface area contributed by atoms with Crippen LogP contribution < -0.4 is 9.64 Å². The first-order chi connectivity index (χ1) is 5.79.